The van der Waals surface area contributed by atoms with Gasteiger partial charge in [-0.3, -0.25) is 14.4 Å². The molecule has 2 N–H and O–H groups in total. The normalized spacial score (nSPS) is 16.4. The lowest BCUT2D eigenvalue weighted by Gasteiger charge is -2.32. The number of nitrogens with one attached hydrogen (secondary N) is 1. The molecule has 1 rings (SSSR count). The average molecular weight is 258 g/mol. The van der Waals surface area contributed by atoms with Gasteiger partial charge in [0.2, 0.25) is 11.8 Å². The summed E-state index contributed by atoms with van der Waals surface area (Å²) in [4.78, 5) is 34.8. The fourth-order valence-electron chi connectivity index (χ4n) is 1.90. The van der Waals surface area contributed by atoms with Crippen LogP contribution in [-0.2, 0) is 19.1 Å². The molecule has 7 nitrogen and oxygen atoms in total. The fourth-order valence-corrected chi connectivity index (χ4v) is 1.90. The van der Waals surface area contributed by atoms with E-state index in [0.717, 1.165) is 0 Å². The smallest absolute Gasteiger partial charge is 0.312 e. The zero-order chi connectivity index (χ0) is 13.5. The van der Waals surface area contributed by atoms with Crippen LogP contribution in [0.4, 0.5) is 0 Å². The molecule has 0 aromatic rings. The van der Waals surface area contributed by atoms with E-state index >= 15 is 0 Å². The second kappa shape index (κ2) is 6.95. The number of carboxylic acids is 1. The summed E-state index contributed by atoms with van der Waals surface area (Å²) in [6, 6.07) is -0.0524. The third-order valence-corrected chi connectivity index (χ3v) is 2.79. The van der Waals surface area contributed by atoms with Crippen LogP contribution >= 0.6 is 0 Å². The Hall–Kier alpha value is -1.63. The van der Waals surface area contributed by atoms with Gasteiger partial charge in [-0.25, -0.2) is 0 Å². The van der Waals surface area contributed by atoms with Crippen LogP contribution in [0.3, 0.4) is 0 Å². The number of piperidine rings is 1. The summed E-state index contributed by atoms with van der Waals surface area (Å²) in [5, 5.41) is 11.1. The summed E-state index contributed by atoms with van der Waals surface area (Å²) >= 11 is 0. The highest BCUT2D eigenvalue weighted by Crippen LogP contribution is 2.10. The maximum Gasteiger partial charge on any atom is 0.312 e. The van der Waals surface area contributed by atoms with Crippen molar-refractivity contribution in [3.63, 3.8) is 0 Å². The third kappa shape index (κ3) is 4.70. The number of carbonyl (C=O) groups is 3. The molecule has 0 unspecified atom stereocenters. The van der Waals surface area contributed by atoms with Crippen molar-refractivity contribution in [2.75, 3.05) is 26.8 Å². The maximum atomic E-state index is 11.5. The molecule has 0 aliphatic carbocycles. The van der Waals surface area contributed by atoms with Gasteiger partial charge in [-0.05, 0) is 12.8 Å². The fraction of sp³-hybridized carbons (Fsp3) is 0.727. The number of carboxylic acid groups (broad SMARTS) is 1. The molecule has 1 saturated heterocycles. The summed E-state index contributed by atoms with van der Waals surface area (Å²) in [5.74, 6) is -1.68. The van der Waals surface area contributed by atoms with Crippen LogP contribution in [0, 0.1) is 0 Å². The number of aliphatic carboxylic acids is 1. The predicted molar refractivity (Wildman–Crippen MR) is 61.9 cm³/mol. The lowest BCUT2D eigenvalue weighted by molar-refractivity contribution is -0.140. The van der Waals surface area contributed by atoms with E-state index in [9.17, 15) is 14.4 Å². The molecule has 102 valence electrons. The Balaban J connectivity index is 2.29. The van der Waals surface area contributed by atoms with Crippen molar-refractivity contribution in [3.05, 3.63) is 0 Å². The van der Waals surface area contributed by atoms with Crippen molar-refractivity contribution < 1.29 is 24.2 Å². The molecule has 0 spiro atoms. The van der Waals surface area contributed by atoms with Crippen LogP contribution < -0.4 is 5.32 Å². The minimum Gasteiger partial charge on any atom is -0.481 e. The first-order valence-corrected chi connectivity index (χ1v) is 5.80. The first kappa shape index (κ1) is 14.4. The summed E-state index contributed by atoms with van der Waals surface area (Å²) in [6.07, 6.45) is 0.768. The highest BCUT2D eigenvalue weighted by atomic mass is 16.5. The molecule has 0 radical (unpaired) electrons. The Morgan fingerprint density at radius 2 is 1.94 bits per heavy atom. The molecular formula is C11H18N2O5. The number of hydrogen-bond donors (Lipinski definition) is 2. The molecule has 7 heteroatoms. The van der Waals surface area contributed by atoms with Crippen molar-refractivity contribution in [1.82, 2.24) is 10.2 Å². The van der Waals surface area contributed by atoms with E-state index in [2.05, 4.69) is 5.32 Å². The Morgan fingerprint density at radius 3 is 2.44 bits per heavy atom. The van der Waals surface area contributed by atoms with Crippen LogP contribution in [0.15, 0.2) is 0 Å². The molecule has 1 heterocycles. The van der Waals surface area contributed by atoms with Gasteiger partial charge in [-0.2, -0.15) is 0 Å². The number of carbonyl (C=O) groups excluding carboxylic acids is 2. The van der Waals surface area contributed by atoms with Crippen molar-refractivity contribution in [3.8, 4) is 0 Å². The zero-order valence-corrected chi connectivity index (χ0v) is 10.3. The van der Waals surface area contributed by atoms with E-state index in [4.69, 9.17) is 9.84 Å². The average Bonchev–Trinajstić information content (AvgIpc) is 2.29. The van der Waals surface area contributed by atoms with Crippen molar-refractivity contribution in [2.45, 2.75) is 25.3 Å². The molecule has 18 heavy (non-hydrogen) atoms. The molecule has 1 aliphatic rings. The van der Waals surface area contributed by atoms with Crippen LogP contribution in [0.2, 0.25) is 0 Å². The van der Waals surface area contributed by atoms with E-state index < -0.39 is 18.3 Å². The van der Waals surface area contributed by atoms with Gasteiger partial charge in [0.25, 0.3) is 0 Å². The summed E-state index contributed by atoms with van der Waals surface area (Å²) < 4.78 is 4.77. The molecule has 0 bridgehead atoms. The number of methoxy groups -OCH3 is 1. The van der Waals surface area contributed by atoms with Crippen LogP contribution in [0.1, 0.15) is 19.3 Å². The molecule has 0 atom stereocenters. The van der Waals surface area contributed by atoms with E-state index in [1.54, 1.807) is 4.90 Å². The van der Waals surface area contributed by atoms with Crippen LogP contribution in [0.25, 0.3) is 0 Å². The van der Waals surface area contributed by atoms with E-state index in [1.807, 2.05) is 0 Å². The number of amides is 2. The number of likely N-dealkylation sites (tertiary alicyclic amines) is 1. The molecule has 1 aliphatic heterocycles. The summed E-state index contributed by atoms with van der Waals surface area (Å²) in [7, 11) is 1.47. The standard InChI is InChI=1S/C11H18N2O5/c1-18-7-10(15)13-4-2-8(3-5-13)12-9(14)6-11(16)17/h8H,2-7H2,1H3,(H,12,14)(H,16,17). The van der Waals surface area contributed by atoms with Crippen molar-refractivity contribution in [1.29, 1.82) is 0 Å². The zero-order valence-electron chi connectivity index (χ0n) is 10.3. The second-order valence-electron chi connectivity index (χ2n) is 4.23. The maximum absolute atomic E-state index is 11.5. The Labute approximate surface area is 105 Å². The van der Waals surface area contributed by atoms with E-state index in [0.29, 0.717) is 25.9 Å². The molecule has 2 amide bonds. The van der Waals surface area contributed by atoms with Gasteiger partial charge in [-0.15, -0.1) is 0 Å². The Morgan fingerprint density at radius 1 is 1.33 bits per heavy atom. The van der Waals surface area contributed by atoms with Gasteiger partial charge >= 0.3 is 5.97 Å². The number of ether oxygens (including phenoxy) is 1. The monoisotopic (exact) mass is 258 g/mol. The molecular weight excluding hydrogens is 240 g/mol. The number of rotatable bonds is 5. The van der Waals surface area contributed by atoms with Gasteiger partial charge in [0, 0.05) is 26.2 Å². The quantitative estimate of drug-likeness (QED) is 0.630. The third-order valence-electron chi connectivity index (χ3n) is 2.79. The number of hydrogen-bond acceptors (Lipinski definition) is 4. The lowest BCUT2D eigenvalue weighted by atomic mass is 10.0. The molecule has 0 aromatic carbocycles. The van der Waals surface area contributed by atoms with Gasteiger partial charge in [-0.1, -0.05) is 0 Å². The van der Waals surface area contributed by atoms with Crippen LogP contribution in [0.5, 0.6) is 0 Å². The number of nitrogens with zero attached hydrogens (tertiary/aromatic N) is 1. The van der Waals surface area contributed by atoms with Crippen molar-refractivity contribution >= 4 is 17.8 Å². The van der Waals surface area contributed by atoms with Crippen LogP contribution in [-0.4, -0.2) is 60.6 Å². The summed E-state index contributed by atoms with van der Waals surface area (Å²) in [5.41, 5.74) is 0. The molecule has 0 saturated carbocycles. The first-order valence-electron chi connectivity index (χ1n) is 5.80. The summed E-state index contributed by atoms with van der Waals surface area (Å²) in [6.45, 7) is 1.18. The first-order chi connectivity index (χ1) is 8.52. The van der Waals surface area contributed by atoms with Gasteiger partial charge in [0.05, 0.1) is 0 Å². The van der Waals surface area contributed by atoms with Crippen molar-refractivity contribution in [2.24, 2.45) is 0 Å². The Bertz CT molecular complexity index is 323. The van der Waals surface area contributed by atoms with E-state index in [-0.39, 0.29) is 18.6 Å². The SMILES string of the molecule is COCC(=O)N1CCC(NC(=O)CC(=O)O)CC1. The minimum atomic E-state index is -1.14. The lowest BCUT2D eigenvalue weighted by Crippen LogP contribution is -2.47. The minimum absolute atomic E-state index is 0.0524. The van der Waals surface area contributed by atoms with Gasteiger partial charge in [0.1, 0.15) is 13.0 Å². The molecule has 0 aromatic heterocycles. The van der Waals surface area contributed by atoms with E-state index in [1.165, 1.54) is 7.11 Å². The highest BCUT2D eigenvalue weighted by Gasteiger charge is 2.23. The van der Waals surface area contributed by atoms with Gasteiger partial charge < -0.3 is 20.1 Å². The highest BCUT2D eigenvalue weighted by molar-refractivity contribution is 5.93. The largest absolute Gasteiger partial charge is 0.481 e. The predicted octanol–water partition coefficient (Wildman–Crippen LogP) is -0.785. The molecule has 1 fully saturated rings. The second-order valence-corrected chi connectivity index (χ2v) is 4.23. The topological polar surface area (TPSA) is 95.9 Å². The Kier molecular flexibility index (Phi) is 5.57. The van der Waals surface area contributed by atoms with Gasteiger partial charge in [0.15, 0.2) is 0 Å².